The number of phenols is 1. The molecule has 3 rings (SSSR count). The van der Waals surface area contributed by atoms with E-state index in [9.17, 15) is 44.6 Å². The van der Waals surface area contributed by atoms with Gasteiger partial charge in [-0.05, 0) is 18.2 Å². The van der Waals surface area contributed by atoms with Crippen LogP contribution in [-0.4, -0.2) is 5.11 Å². The summed E-state index contributed by atoms with van der Waals surface area (Å²) in [6.07, 6.45) is -15.6. The molecular weight excluding hydrogens is 435 g/mol. The highest BCUT2D eigenvalue weighted by Crippen LogP contribution is 2.51. The molecule has 0 aliphatic rings. The molecule has 0 amide bonds. The molecule has 1 nitrogen and oxygen atoms in total. The lowest BCUT2D eigenvalue weighted by molar-refractivity contribution is -0.142. The zero-order valence-corrected chi connectivity index (χ0v) is 13.9. The standard InChI is InChI=1S/C15H4ClF9OS/c16-11-7(14(20,21)22)2-5-4-1-6(13(17,18)19)8(26)3-9(4)27-12(5)10(11)15(23,24)25/h1-3,26H. The molecule has 2 aromatic carbocycles. The van der Waals surface area contributed by atoms with Gasteiger partial charge in [-0.3, -0.25) is 0 Å². The Morgan fingerprint density at radius 3 is 1.74 bits per heavy atom. The van der Waals surface area contributed by atoms with E-state index < -0.39 is 61.5 Å². The van der Waals surface area contributed by atoms with Gasteiger partial charge in [0.1, 0.15) is 5.75 Å². The minimum Gasteiger partial charge on any atom is -0.507 e. The molecule has 0 fully saturated rings. The quantitative estimate of drug-likeness (QED) is 0.361. The minimum atomic E-state index is -5.29. The Kier molecular flexibility index (Phi) is 4.27. The van der Waals surface area contributed by atoms with Crippen molar-refractivity contribution in [2.75, 3.05) is 0 Å². The van der Waals surface area contributed by atoms with E-state index in [4.69, 9.17) is 11.6 Å². The SMILES string of the molecule is Oc1cc2sc3c(C(F)(F)F)c(Cl)c(C(F)(F)F)cc3c2cc1C(F)(F)F. The van der Waals surface area contributed by atoms with Crippen LogP contribution in [0.25, 0.3) is 20.2 Å². The summed E-state index contributed by atoms with van der Waals surface area (Å²) >= 11 is 5.64. The number of halogens is 10. The number of aromatic hydroxyl groups is 1. The van der Waals surface area contributed by atoms with Crippen molar-refractivity contribution in [3.8, 4) is 5.75 Å². The molecule has 1 heterocycles. The zero-order valence-electron chi connectivity index (χ0n) is 12.4. The molecule has 3 aromatic rings. The molecule has 0 spiro atoms. The third-order valence-corrected chi connectivity index (χ3v) is 5.29. The molecule has 0 unspecified atom stereocenters. The van der Waals surface area contributed by atoms with Crippen LogP contribution < -0.4 is 0 Å². The largest absolute Gasteiger partial charge is 0.507 e. The lowest BCUT2D eigenvalue weighted by Crippen LogP contribution is -2.12. The fraction of sp³-hybridized carbons (Fsp3) is 0.200. The Balaban J connectivity index is 2.55. The maximum atomic E-state index is 13.3. The summed E-state index contributed by atoms with van der Waals surface area (Å²) in [4.78, 5) is 0. The molecule has 0 saturated carbocycles. The summed E-state index contributed by atoms with van der Waals surface area (Å²) in [5.41, 5.74) is -5.18. The Bertz CT molecular complexity index is 1060. The van der Waals surface area contributed by atoms with Gasteiger partial charge in [0.05, 0.1) is 21.7 Å². The summed E-state index contributed by atoms with van der Waals surface area (Å²) in [5.74, 6) is -1.25. The molecule has 0 radical (unpaired) electrons. The van der Waals surface area contributed by atoms with E-state index in [1.165, 1.54) is 0 Å². The van der Waals surface area contributed by atoms with Gasteiger partial charge in [-0.2, -0.15) is 39.5 Å². The van der Waals surface area contributed by atoms with E-state index in [1.54, 1.807) is 0 Å². The van der Waals surface area contributed by atoms with Gasteiger partial charge in [0, 0.05) is 20.2 Å². The highest BCUT2D eigenvalue weighted by atomic mass is 35.5. The number of hydrogen-bond acceptors (Lipinski definition) is 2. The second kappa shape index (κ2) is 5.81. The van der Waals surface area contributed by atoms with Crippen LogP contribution in [-0.2, 0) is 18.5 Å². The third-order valence-electron chi connectivity index (χ3n) is 3.71. The Labute approximate surface area is 152 Å². The van der Waals surface area contributed by atoms with Crippen molar-refractivity contribution in [2.45, 2.75) is 18.5 Å². The zero-order chi connectivity index (χ0) is 20.5. The van der Waals surface area contributed by atoms with Crippen molar-refractivity contribution in [1.29, 1.82) is 0 Å². The van der Waals surface area contributed by atoms with Crippen LogP contribution >= 0.6 is 22.9 Å². The smallest absolute Gasteiger partial charge is 0.419 e. The number of rotatable bonds is 0. The number of fused-ring (bicyclic) bond motifs is 3. The molecule has 0 atom stereocenters. The first kappa shape index (κ1) is 19.9. The molecular formula is C15H4ClF9OS. The first-order valence-corrected chi connectivity index (χ1v) is 7.95. The number of thiophene rings is 1. The molecule has 0 bridgehead atoms. The second-order valence-corrected chi connectivity index (χ2v) is 6.88. The van der Waals surface area contributed by atoms with Gasteiger partial charge in [-0.25, -0.2) is 0 Å². The molecule has 1 aromatic heterocycles. The number of benzene rings is 2. The Morgan fingerprint density at radius 2 is 1.26 bits per heavy atom. The second-order valence-electron chi connectivity index (χ2n) is 5.45. The maximum absolute atomic E-state index is 13.3. The highest BCUT2D eigenvalue weighted by molar-refractivity contribution is 7.26. The molecule has 0 saturated heterocycles. The minimum absolute atomic E-state index is 0.253. The normalized spacial score (nSPS) is 13.7. The lowest BCUT2D eigenvalue weighted by Gasteiger charge is -2.16. The molecule has 146 valence electrons. The topological polar surface area (TPSA) is 20.2 Å². The van der Waals surface area contributed by atoms with E-state index in [1.807, 2.05) is 0 Å². The van der Waals surface area contributed by atoms with Crippen LogP contribution in [0.2, 0.25) is 5.02 Å². The van der Waals surface area contributed by atoms with Gasteiger partial charge < -0.3 is 5.11 Å². The Morgan fingerprint density at radius 1 is 0.741 bits per heavy atom. The average molecular weight is 439 g/mol. The van der Waals surface area contributed by atoms with Gasteiger partial charge in [0.15, 0.2) is 0 Å². The van der Waals surface area contributed by atoms with Crippen molar-refractivity contribution in [3.05, 3.63) is 39.9 Å². The average Bonchev–Trinajstić information content (AvgIpc) is 2.78. The van der Waals surface area contributed by atoms with Crippen LogP contribution in [0, 0.1) is 0 Å². The molecule has 12 heteroatoms. The Hall–Kier alpha value is -1.88. The van der Waals surface area contributed by atoms with E-state index >= 15 is 0 Å². The summed E-state index contributed by atoms with van der Waals surface area (Å²) < 4.78 is 117. The van der Waals surface area contributed by atoms with Gasteiger partial charge in [-0.15, -0.1) is 11.3 Å². The maximum Gasteiger partial charge on any atom is 0.419 e. The number of hydrogen-bond donors (Lipinski definition) is 1. The van der Waals surface area contributed by atoms with Crippen molar-refractivity contribution in [3.63, 3.8) is 0 Å². The van der Waals surface area contributed by atoms with Gasteiger partial charge in [0.2, 0.25) is 0 Å². The van der Waals surface area contributed by atoms with Crippen LogP contribution in [0.5, 0.6) is 5.75 Å². The van der Waals surface area contributed by atoms with E-state index in [-0.39, 0.29) is 22.1 Å². The summed E-state index contributed by atoms with van der Waals surface area (Å²) in [6.45, 7) is 0. The van der Waals surface area contributed by atoms with Crippen LogP contribution in [0.15, 0.2) is 18.2 Å². The molecule has 27 heavy (non-hydrogen) atoms. The predicted octanol–water partition coefficient (Wildman–Crippen LogP) is 7.47. The first-order chi connectivity index (χ1) is 12.1. The van der Waals surface area contributed by atoms with E-state index in [0.29, 0.717) is 12.1 Å². The highest BCUT2D eigenvalue weighted by Gasteiger charge is 2.43. The fourth-order valence-electron chi connectivity index (χ4n) is 2.61. The van der Waals surface area contributed by atoms with Gasteiger partial charge >= 0.3 is 18.5 Å². The van der Waals surface area contributed by atoms with Crippen molar-refractivity contribution in [2.24, 2.45) is 0 Å². The van der Waals surface area contributed by atoms with Crippen molar-refractivity contribution < 1.29 is 44.6 Å². The van der Waals surface area contributed by atoms with Crippen molar-refractivity contribution >= 4 is 43.1 Å². The number of alkyl halides is 9. The van der Waals surface area contributed by atoms with Gasteiger partial charge in [0.25, 0.3) is 0 Å². The molecule has 0 aliphatic heterocycles. The van der Waals surface area contributed by atoms with Crippen LogP contribution in [0.3, 0.4) is 0 Å². The predicted molar refractivity (Wildman–Crippen MR) is 81.0 cm³/mol. The van der Waals surface area contributed by atoms with Crippen LogP contribution in [0.1, 0.15) is 16.7 Å². The van der Waals surface area contributed by atoms with E-state index in [0.717, 1.165) is 0 Å². The third kappa shape index (κ3) is 3.27. The fourth-order valence-corrected chi connectivity index (χ4v) is 4.30. The summed E-state index contributed by atoms with van der Waals surface area (Å²) in [6, 6.07) is 1.16. The first-order valence-electron chi connectivity index (χ1n) is 6.75. The lowest BCUT2D eigenvalue weighted by atomic mass is 10.0. The van der Waals surface area contributed by atoms with E-state index in [2.05, 4.69) is 0 Å². The van der Waals surface area contributed by atoms with Crippen LogP contribution in [0.4, 0.5) is 39.5 Å². The molecule has 1 N–H and O–H groups in total. The summed E-state index contributed by atoms with van der Waals surface area (Å²) in [7, 11) is 0. The molecule has 0 aliphatic carbocycles. The van der Waals surface area contributed by atoms with Crippen molar-refractivity contribution in [1.82, 2.24) is 0 Å². The van der Waals surface area contributed by atoms with Gasteiger partial charge in [-0.1, -0.05) is 11.6 Å². The monoisotopic (exact) mass is 438 g/mol. The number of phenolic OH excluding ortho intramolecular Hbond substituents is 1. The summed E-state index contributed by atoms with van der Waals surface area (Å²) in [5, 5.41) is 6.71.